The largest absolute Gasteiger partial charge is 0.396 e. The monoisotopic (exact) mass is 310 g/mol. The standard InChI is InChI=1S/C16H26N2O2S/c1-12(2)18-16(15(17)20,11-21-13(3)9-10-19)14-7-5-4-6-8-14/h4-8,12-13,18-19H,9-11H2,1-3H3,(H2,17,20). The number of aliphatic hydroxyl groups excluding tert-OH is 1. The predicted molar refractivity (Wildman–Crippen MR) is 89.2 cm³/mol. The Morgan fingerprint density at radius 1 is 1.33 bits per heavy atom. The Balaban J connectivity index is 3.05. The molecule has 0 heterocycles. The van der Waals surface area contributed by atoms with Gasteiger partial charge in [-0.1, -0.05) is 37.3 Å². The maximum Gasteiger partial charge on any atom is 0.243 e. The van der Waals surface area contributed by atoms with Crippen LogP contribution in [0.15, 0.2) is 30.3 Å². The van der Waals surface area contributed by atoms with Gasteiger partial charge in [0.1, 0.15) is 5.54 Å². The summed E-state index contributed by atoms with van der Waals surface area (Å²) in [5.74, 6) is 0.178. The van der Waals surface area contributed by atoms with Gasteiger partial charge < -0.3 is 10.8 Å². The number of hydrogen-bond donors (Lipinski definition) is 3. The third-order valence-corrected chi connectivity index (χ3v) is 4.75. The number of nitrogens with two attached hydrogens (primary N) is 1. The van der Waals surface area contributed by atoms with Crippen molar-refractivity contribution in [1.82, 2.24) is 5.32 Å². The fourth-order valence-corrected chi connectivity index (χ4v) is 3.44. The molecule has 1 rings (SSSR count). The van der Waals surface area contributed by atoms with Crippen molar-refractivity contribution in [2.45, 2.75) is 44.0 Å². The van der Waals surface area contributed by atoms with E-state index < -0.39 is 5.54 Å². The summed E-state index contributed by atoms with van der Waals surface area (Å²) in [6, 6.07) is 9.74. The van der Waals surface area contributed by atoms with Crippen molar-refractivity contribution in [3.05, 3.63) is 35.9 Å². The molecule has 21 heavy (non-hydrogen) atoms. The number of benzene rings is 1. The van der Waals surface area contributed by atoms with Crippen LogP contribution in [0, 0.1) is 0 Å². The lowest BCUT2D eigenvalue weighted by atomic mass is 9.90. The lowest BCUT2D eigenvalue weighted by Crippen LogP contribution is -2.57. The molecule has 0 aromatic heterocycles. The summed E-state index contributed by atoms with van der Waals surface area (Å²) < 4.78 is 0. The Labute approximate surface area is 131 Å². The summed E-state index contributed by atoms with van der Waals surface area (Å²) in [5.41, 5.74) is 5.75. The highest BCUT2D eigenvalue weighted by Gasteiger charge is 2.39. The third kappa shape index (κ3) is 5.02. The summed E-state index contributed by atoms with van der Waals surface area (Å²) in [5, 5.41) is 12.6. The smallest absolute Gasteiger partial charge is 0.243 e. The highest BCUT2D eigenvalue weighted by atomic mass is 32.2. The van der Waals surface area contributed by atoms with E-state index in [4.69, 9.17) is 10.8 Å². The van der Waals surface area contributed by atoms with Crippen LogP contribution in [-0.4, -0.2) is 34.7 Å². The molecule has 1 aromatic carbocycles. The van der Waals surface area contributed by atoms with E-state index in [1.165, 1.54) is 0 Å². The SMILES string of the molecule is CC(C)NC(CSC(C)CCO)(C(N)=O)c1ccccc1. The minimum absolute atomic E-state index is 0.131. The van der Waals surface area contributed by atoms with E-state index in [-0.39, 0.29) is 23.8 Å². The maximum atomic E-state index is 12.2. The first kappa shape index (κ1) is 18.0. The molecule has 0 radical (unpaired) electrons. The molecule has 5 heteroatoms. The van der Waals surface area contributed by atoms with Crippen LogP contribution in [0.2, 0.25) is 0 Å². The second-order valence-corrected chi connectivity index (χ2v) is 7.00. The maximum absolute atomic E-state index is 12.2. The van der Waals surface area contributed by atoms with Gasteiger partial charge in [-0.3, -0.25) is 10.1 Å². The summed E-state index contributed by atoms with van der Waals surface area (Å²) in [4.78, 5) is 12.2. The number of aliphatic hydroxyl groups is 1. The summed E-state index contributed by atoms with van der Waals surface area (Å²) in [6.45, 7) is 6.21. The van der Waals surface area contributed by atoms with Crippen LogP contribution in [-0.2, 0) is 10.3 Å². The molecule has 0 fully saturated rings. The molecule has 118 valence electrons. The molecular weight excluding hydrogens is 284 g/mol. The van der Waals surface area contributed by atoms with Gasteiger partial charge in [0.05, 0.1) is 0 Å². The Morgan fingerprint density at radius 2 is 1.95 bits per heavy atom. The van der Waals surface area contributed by atoms with Crippen LogP contribution in [0.4, 0.5) is 0 Å². The minimum atomic E-state index is -0.885. The van der Waals surface area contributed by atoms with Gasteiger partial charge in [-0.15, -0.1) is 0 Å². The second-order valence-electron chi connectivity index (χ2n) is 5.57. The van der Waals surface area contributed by atoms with Gasteiger partial charge >= 0.3 is 0 Å². The molecule has 1 aromatic rings. The van der Waals surface area contributed by atoms with E-state index in [9.17, 15) is 4.79 Å². The Hall–Kier alpha value is -1.04. The molecule has 0 aliphatic heterocycles. The van der Waals surface area contributed by atoms with E-state index in [2.05, 4.69) is 5.32 Å². The van der Waals surface area contributed by atoms with E-state index in [0.29, 0.717) is 12.2 Å². The Morgan fingerprint density at radius 3 is 2.43 bits per heavy atom. The second kappa shape index (κ2) is 8.41. The molecule has 2 unspecified atom stereocenters. The van der Waals surface area contributed by atoms with Gasteiger partial charge in [0.25, 0.3) is 0 Å². The number of nitrogens with one attached hydrogen (secondary N) is 1. The van der Waals surface area contributed by atoms with Crippen molar-refractivity contribution < 1.29 is 9.90 Å². The normalized spacial score (nSPS) is 15.7. The van der Waals surface area contributed by atoms with Crippen LogP contribution in [0.5, 0.6) is 0 Å². The number of carbonyl (C=O) groups excluding carboxylic acids is 1. The molecule has 2 atom stereocenters. The highest BCUT2D eigenvalue weighted by molar-refractivity contribution is 7.99. The fraction of sp³-hybridized carbons (Fsp3) is 0.562. The summed E-state index contributed by atoms with van der Waals surface area (Å²) in [7, 11) is 0. The van der Waals surface area contributed by atoms with E-state index in [1.54, 1.807) is 11.8 Å². The van der Waals surface area contributed by atoms with E-state index in [1.807, 2.05) is 51.1 Å². The van der Waals surface area contributed by atoms with Crippen LogP contribution in [0.3, 0.4) is 0 Å². The quantitative estimate of drug-likeness (QED) is 0.651. The van der Waals surface area contributed by atoms with Crippen molar-refractivity contribution in [2.75, 3.05) is 12.4 Å². The van der Waals surface area contributed by atoms with Crippen molar-refractivity contribution in [3.63, 3.8) is 0 Å². The number of rotatable bonds is 9. The van der Waals surface area contributed by atoms with Crippen LogP contribution in [0.1, 0.15) is 32.8 Å². The lowest BCUT2D eigenvalue weighted by Gasteiger charge is -2.35. The summed E-state index contributed by atoms with van der Waals surface area (Å²) in [6.07, 6.45) is 0.704. The number of carbonyl (C=O) groups is 1. The van der Waals surface area contributed by atoms with Crippen molar-refractivity contribution in [2.24, 2.45) is 5.73 Å². The molecule has 1 amide bonds. The molecule has 0 spiro atoms. The zero-order chi connectivity index (χ0) is 15.9. The third-order valence-electron chi connectivity index (χ3n) is 3.34. The molecule has 0 bridgehead atoms. The van der Waals surface area contributed by atoms with Gasteiger partial charge in [0, 0.05) is 23.7 Å². The molecule has 4 nitrogen and oxygen atoms in total. The molecule has 0 aliphatic rings. The predicted octanol–water partition coefficient (Wildman–Crippen LogP) is 1.87. The minimum Gasteiger partial charge on any atom is -0.396 e. The average Bonchev–Trinajstić information content (AvgIpc) is 2.44. The molecular formula is C16H26N2O2S. The van der Waals surface area contributed by atoms with Gasteiger partial charge in [0.2, 0.25) is 5.91 Å². The Bertz CT molecular complexity index is 439. The number of hydrogen-bond acceptors (Lipinski definition) is 4. The number of amides is 1. The lowest BCUT2D eigenvalue weighted by molar-refractivity contribution is -0.124. The molecule has 0 saturated heterocycles. The van der Waals surface area contributed by atoms with Gasteiger partial charge in [-0.2, -0.15) is 11.8 Å². The van der Waals surface area contributed by atoms with Gasteiger partial charge in [0.15, 0.2) is 0 Å². The summed E-state index contributed by atoms with van der Waals surface area (Å²) >= 11 is 1.65. The zero-order valence-corrected chi connectivity index (χ0v) is 13.8. The zero-order valence-electron chi connectivity index (χ0n) is 13.0. The molecule has 0 aliphatic carbocycles. The van der Waals surface area contributed by atoms with E-state index >= 15 is 0 Å². The van der Waals surface area contributed by atoms with Crippen molar-refractivity contribution >= 4 is 17.7 Å². The number of primary amides is 1. The van der Waals surface area contributed by atoms with E-state index in [0.717, 1.165) is 5.56 Å². The van der Waals surface area contributed by atoms with Crippen LogP contribution in [0.25, 0.3) is 0 Å². The molecule has 0 saturated carbocycles. The molecule has 4 N–H and O–H groups in total. The van der Waals surface area contributed by atoms with Crippen molar-refractivity contribution in [3.8, 4) is 0 Å². The first-order valence-corrected chi connectivity index (χ1v) is 8.33. The van der Waals surface area contributed by atoms with Crippen LogP contribution >= 0.6 is 11.8 Å². The van der Waals surface area contributed by atoms with Gasteiger partial charge in [-0.25, -0.2) is 0 Å². The van der Waals surface area contributed by atoms with Crippen molar-refractivity contribution in [1.29, 1.82) is 0 Å². The number of thioether (sulfide) groups is 1. The first-order valence-electron chi connectivity index (χ1n) is 7.28. The average molecular weight is 310 g/mol. The Kier molecular flexibility index (Phi) is 7.22. The topological polar surface area (TPSA) is 75.3 Å². The van der Waals surface area contributed by atoms with Crippen LogP contribution < -0.4 is 11.1 Å². The fourth-order valence-electron chi connectivity index (χ4n) is 2.24. The van der Waals surface area contributed by atoms with Gasteiger partial charge in [-0.05, 0) is 25.8 Å². The highest BCUT2D eigenvalue weighted by Crippen LogP contribution is 2.29. The first-order chi connectivity index (χ1) is 9.92.